The molecule has 8 heteroatoms. The number of ether oxygens (including phenoxy) is 1. The number of rotatable bonds is 4. The molecule has 1 aromatic rings. The molecular formula is C15H14Br2N2O3S. The summed E-state index contributed by atoms with van der Waals surface area (Å²) in [4.78, 5) is 23.7. The molecule has 2 N–H and O–H groups in total. The zero-order valence-electron chi connectivity index (χ0n) is 12.4. The number of halogens is 2. The molecule has 0 spiro atoms. The van der Waals surface area contributed by atoms with E-state index in [9.17, 15) is 9.59 Å². The fraction of sp³-hybridized carbons (Fsp3) is 0.267. The first kappa shape index (κ1) is 18.1. The minimum Gasteiger partial charge on any atom is -0.491 e. The van der Waals surface area contributed by atoms with Crippen molar-refractivity contribution in [3.05, 3.63) is 32.2 Å². The summed E-state index contributed by atoms with van der Waals surface area (Å²) in [6, 6.07) is 3.56. The summed E-state index contributed by atoms with van der Waals surface area (Å²) in [6.45, 7) is 4.70. The van der Waals surface area contributed by atoms with Crippen LogP contribution in [-0.4, -0.2) is 23.5 Å². The predicted molar refractivity (Wildman–Crippen MR) is 99.0 cm³/mol. The molecule has 0 bridgehead atoms. The first-order chi connectivity index (χ1) is 10.8. The molecule has 0 aliphatic carbocycles. The summed E-state index contributed by atoms with van der Waals surface area (Å²) in [6.07, 6.45) is 1.49. The van der Waals surface area contributed by atoms with E-state index in [1.807, 2.05) is 0 Å². The van der Waals surface area contributed by atoms with E-state index in [0.717, 1.165) is 8.95 Å². The molecule has 2 amide bonds. The standard InChI is InChI=1S/C15H14Br2N2O3S/c1-7(2)6-22-12-10(16)4-8(5-11(12)17)3-9-13(20)18-15(23)19-14(9)21/h3-5,7H,6H2,1-2H3,(H2,18,19,20,21,23). The van der Waals surface area contributed by atoms with Gasteiger partial charge in [-0.15, -0.1) is 0 Å². The van der Waals surface area contributed by atoms with E-state index < -0.39 is 11.8 Å². The third-order valence-corrected chi connectivity index (χ3v) is 4.22. The van der Waals surface area contributed by atoms with Crippen molar-refractivity contribution in [2.75, 3.05) is 6.61 Å². The Hall–Kier alpha value is -1.25. The van der Waals surface area contributed by atoms with Crippen LogP contribution < -0.4 is 15.4 Å². The summed E-state index contributed by atoms with van der Waals surface area (Å²) in [7, 11) is 0. The largest absolute Gasteiger partial charge is 0.491 e. The molecule has 1 fully saturated rings. The second kappa shape index (κ2) is 7.55. The number of hydrogen-bond donors (Lipinski definition) is 2. The molecule has 0 atom stereocenters. The van der Waals surface area contributed by atoms with Crippen molar-refractivity contribution < 1.29 is 14.3 Å². The topological polar surface area (TPSA) is 67.4 Å². The minimum absolute atomic E-state index is 0.00625. The van der Waals surface area contributed by atoms with Crippen LogP contribution in [0.5, 0.6) is 5.75 Å². The zero-order valence-corrected chi connectivity index (χ0v) is 16.4. The molecule has 1 aliphatic rings. The fourth-order valence-electron chi connectivity index (χ4n) is 1.82. The number of benzene rings is 1. The first-order valence-corrected chi connectivity index (χ1v) is 8.77. The molecule has 1 aromatic carbocycles. The summed E-state index contributed by atoms with van der Waals surface area (Å²) in [5, 5.41) is 4.81. The quantitative estimate of drug-likeness (QED) is 0.410. The lowest BCUT2D eigenvalue weighted by Crippen LogP contribution is -2.51. The van der Waals surface area contributed by atoms with Gasteiger partial charge in [-0.1, -0.05) is 13.8 Å². The van der Waals surface area contributed by atoms with Gasteiger partial charge >= 0.3 is 0 Å². The molecule has 1 heterocycles. The smallest absolute Gasteiger partial charge is 0.263 e. The average Bonchev–Trinajstić information content (AvgIpc) is 2.41. The lowest BCUT2D eigenvalue weighted by molar-refractivity contribution is -0.123. The van der Waals surface area contributed by atoms with E-state index in [-0.39, 0.29) is 10.7 Å². The van der Waals surface area contributed by atoms with Gasteiger partial charge in [0, 0.05) is 0 Å². The highest BCUT2D eigenvalue weighted by atomic mass is 79.9. The van der Waals surface area contributed by atoms with Gasteiger partial charge in [0.15, 0.2) is 5.11 Å². The number of nitrogens with one attached hydrogen (secondary N) is 2. The van der Waals surface area contributed by atoms with Crippen molar-refractivity contribution in [1.82, 2.24) is 10.6 Å². The molecule has 0 unspecified atom stereocenters. The van der Waals surface area contributed by atoms with E-state index in [4.69, 9.17) is 17.0 Å². The molecule has 1 aliphatic heterocycles. The molecule has 0 radical (unpaired) electrons. The molecule has 0 aromatic heterocycles. The van der Waals surface area contributed by atoms with Crippen LogP contribution in [0, 0.1) is 5.92 Å². The Morgan fingerprint density at radius 1 is 1.17 bits per heavy atom. The van der Waals surface area contributed by atoms with Crippen LogP contribution in [0.2, 0.25) is 0 Å². The van der Waals surface area contributed by atoms with E-state index in [0.29, 0.717) is 23.8 Å². The number of hydrogen-bond acceptors (Lipinski definition) is 4. The van der Waals surface area contributed by atoms with Crippen molar-refractivity contribution in [2.24, 2.45) is 5.92 Å². The van der Waals surface area contributed by atoms with Gasteiger partial charge in [0.1, 0.15) is 11.3 Å². The third kappa shape index (κ3) is 4.62. The molecular weight excluding hydrogens is 448 g/mol. The monoisotopic (exact) mass is 460 g/mol. The van der Waals surface area contributed by atoms with E-state index in [1.165, 1.54) is 6.08 Å². The SMILES string of the molecule is CC(C)COc1c(Br)cc(C=C2C(=O)NC(=S)NC2=O)cc1Br. The Labute approximate surface area is 156 Å². The summed E-state index contributed by atoms with van der Waals surface area (Å²) < 4.78 is 7.20. The summed E-state index contributed by atoms with van der Waals surface area (Å²) in [5.41, 5.74) is 0.669. The Morgan fingerprint density at radius 3 is 2.17 bits per heavy atom. The van der Waals surface area contributed by atoms with Crippen molar-refractivity contribution in [3.8, 4) is 5.75 Å². The van der Waals surface area contributed by atoms with E-state index in [1.54, 1.807) is 12.1 Å². The lowest BCUT2D eigenvalue weighted by Gasteiger charge is -2.17. The highest BCUT2D eigenvalue weighted by Gasteiger charge is 2.25. The Bertz CT molecular complexity index is 672. The maximum atomic E-state index is 11.9. The van der Waals surface area contributed by atoms with Gasteiger partial charge in [0.25, 0.3) is 11.8 Å². The van der Waals surface area contributed by atoms with Gasteiger partial charge < -0.3 is 4.74 Å². The number of carbonyl (C=O) groups is 2. The Morgan fingerprint density at radius 2 is 1.70 bits per heavy atom. The van der Waals surface area contributed by atoms with Gasteiger partial charge in [-0.05, 0) is 73.8 Å². The van der Waals surface area contributed by atoms with Gasteiger partial charge in [0.05, 0.1) is 15.6 Å². The van der Waals surface area contributed by atoms with Crippen molar-refractivity contribution in [1.29, 1.82) is 0 Å². The van der Waals surface area contributed by atoms with Crippen molar-refractivity contribution in [2.45, 2.75) is 13.8 Å². The molecule has 122 valence electrons. The van der Waals surface area contributed by atoms with Crippen LogP contribution in [-0.2, 0) is 9.59 Å². The van der Waals surface area contributed by atoms with Crippen LogP contribution in [0.25, 0.3) is 6.08 Å². The highest BCUT2D eigenvalue weighted by Crippen LogP contribution is 2.35. The lowest BCUT2D eigenvalue weighted by atomic mass is 10.1. The summed E-state index contributed by atoms with van der Waals surface area (Å²) in [5.74, 6) is 0.0332. The van der Waals surface area contributed by atoms with Gasteiger partial charge in [0.2, 0.25) is 0 Å². The van der Waals surface area contributed by atoms with Crippen LogP contribution in [0.3, 0.4) is 0 Å². The molecule has 1 saturated heterocycles. The average molecular weight is 462 g/mol. The minimum atomic E-state index is -0.522. The fourth-order valence-corrected chi connectivity index (χ4v) is 3.46. The van der Waals surface area contributed by atoms with Crippen LogP contribution >= 0.6 is 44.1 Å². The van der Waals surface area contributed by atoms with Crippen molar-refractivity contribution in [3.63, 3.8) is 0 Å². The zero-order chi connectivity index (χ0) is 17.1. The van der Waals surface area contributed by atoms with E-state index in [2.05, 4.69) is 56.3 Å². The van der Waals surface area contributed by atoms with Crippen LogP contribution in [0.4, 0.5) is 0 Å². The van der Waals surface area contributed by atoms with Gasteiger partial charge in [-0.25, -0.2) is 0 Å². The van der Waals surface area contributed by atoms with Crippen LogP contribution in [0.1, 0.15) is 19.4 Å². The van der Waals surface area contributed by atoms with E-state index >= 15 is 0 Å². The van der Waals surface area contributed by atoms with Gasteiger partial charge in [-0.2, -0.15) is 0 Å². The second-order valence-corrected chi connectivity index (χ2v) is 7.43. The highest BCUT2D eigenvalue weighted by molar-refractivity contribution is 9.11. The maximum Gasteiger partial charge on any atom is 0.263 e. The molecule has 23 heavy (non-hydrogen) atoms. The third-order valence-electron chi connectivity index (χ3n) is 2.84. The summed E-state index contributed by atoms with van der Waals surface area (Å²) >= 11 is 11.7. The van der Waals surface area contributed by atoms with Crippen molar-refractivity contribution >= 4 is 67.1 Å². The molecule has 2 rings (SSSR count). The van der Waals surface area contributed by atoms with Gasteiger partial charge in [-0.3, -0.25) is 20.2 Å². The Balaban J connectivity index is 2.31. The number of carbonyl (C=O) groups excluding carboxylic acids is 2. The predicted octanol–water partition coefficient (Wildman–Crippen LogP) is 3.16. The normalized spacial score (nSPS) is 14.7. The molecule has 0 saturated carbocycles. The second-order valence-electron chi connectivity index (χ2n) is 5.31. The first-order valence-electron chi connectivity index (χ1n) is 6.78. The Kier molecular flexibility index (Phi) is 5.94. The molecule has 5 nitrogen and oxygen atoms in total. The number of amides is 2. The maximum absolute atomic E-state index is 11.9. The van der Waals surface area contributed by atoms with Crippen LogP contribution in [0.15, 0.2) is 26.7 Å². The number of thiocarbonyl (C=S) groups is 1.